The zero-order chi connectivity index (χ0) is 14.2. The van der Waals surface area contributed by atoms with Crippen LogP contribution in [0.2, 0.25) is 0 Å². The predicted octanol–water partition coefficient (Wildman–Crippen LogP) is 2.75. The SMILES string of the molecule is CCNC(CCOCCOC)CC1Cc2ccccc21. The number of rotatable bonds is 10. The summed E-state index contributed by atoms with van der Waals surface area (Å²) >= 11 is 0. The second kappa shape index (κ2) is 8.40. The Morgan fingerprint density at radius 2 is 2.10 bits per heavy atom. The summed E-state index contributed by atoms with van der Waals surface area (Å²) < 4.78 is 10.6. The van der Waals surface area contributed by atoms with Crippen LogP contribution < -0.4 is 5.32 Å². The number of benzene rings is 1. The molecule has 0 spiro atoms. The molecule has 1 aromatic rings. The van der Waals surface area contributed by atoms with Crippen molar-refractivity contribution in [2.45, 2.75) is 38.1 Å². The minimum absolute atomic E-state index is 0.556. The minimum Gasteiger partial charge on any atom is -0.382 e. The quantitative estimate of drug-likeness (QED) is 0.667. The van der Waals surface area contributed by atoms with Crippen molar-refractivity contribution in [3.05, 3.63) is 35.4 Å². The molecule has 0 aromatic heterocycles. The lowest BCUT2D eigenvalue weighted by atomic mass is 9.74. The molecule has 20 heavy (non-hydrogen) atoms. The Morgan fingerprint density at radius 1 is 1.25 bits per heavy atom. The van der Waals surface area contributed by atoms with Gasteiger partial charge in [-0.25, -0.2) is 0 Å². The molecule has 0 radical (unpaired) electrons. The third-order valence-electron chi connectivity index (χ3n) is 4.07. The molecule has 2 atom stereocenters. The highest BCUT2D eigenvalue weighted by atomic mass is 16.5. The van der Waals surface area contributed by atoms with Crippen molar-refractivity contribution in [3.8, 4) is 0 Å². The van der Waals surface area contributed by atoms with Gasteiger partial charge in [0, 0.05) is 19.8 Å². The number of fused-ring (bicyclic) bond motifs is 1. The van der Waals surface area contributed by atoms with E-state index in [1.165, 1.54) is 18.4 Å². The molecule has 0 saturated carbocycles. The molecule has 1 N–H and O–H groups in total. The molecule has 0 saturated heterocycles. The van der Waals surface area contributed by atoms with Crippen LogP contribution in [0.4, 0.5) is 0 Å². The second-order valence-electron chi connectivity index (χ2n) is 5.48. The van der Waals surface area contributed by atoms with Crippen molar-refractivity contribution in [1.29, 1.82) is 0 Å². The van der Waals surface area contributed by atoms with E-state index in [1.54, 1.807) is 12.7 Å². The van der Waals surface area contributed by atoms with E-state index in [0.29, 0.717) is 19.3 Å². The van der Waals surface area contributed by atoms with Gasteiger partial charge >= 0.3 is 0 Å². The van der Waals surface area contributed by atoms with E-state index in [-0.39, 0.29) is 0 Å². The monoisotopic (exact) mass is 277 g/mol. The minimum atomic E-state index is 0.556. The molecule has 2 unspecified atom stereocenters. The van der Waals surface area contributed by atoms with Crippen LogP contribution in [0.5, 0.6) is 0 Å². The van der Waals surface area contributed by atoms with Crippen LogP contribution in [0.1, 0.15) is 36.8 Å². The fourth-order valence-electron chi connectivity index (χ4n) is 2.98. The molecule has 1 aliphatic rings. The van der Waals surface area contributed by atoms with E-state index in [2.05, 4.69) is 36.5 Å². The molecule has 0 bridgehead atoms. The average molecular weight is 277 g/mol. The molecule has 1 aliphatic carbocycles. The lowest BCUT2D eigenvalue weighted by Crippen LogP contribution is -2.34. The highest BCUT2D eigenvalue weighted by Gasteiger charge is 2.27. The van der Waals surface area contributed by atoms with Crippen molar-refractivity contribution < 1.29 is 9.47 Å². The molecular formula is C17H27NO2. The van der Waals surface area contributed by atoms with Crippen LogP contribution in [-0.4, -0.2) is 39.5 Å². The Hall–Kier alpha value is -0.900. The van der Waals surface area contributed by atoms with Gasteiger partial charge < -0.3 is 14.8 Å². The van der Waals surface area contributed by atoms with Gasteiger partial charge in [0.25, 0.3) is 0 Å². The normalized spacial score (nSPS) is 18.4. The first kappa shape index (κ1) is 15.5. The first-order chi connectivity index (χ1) is 9.85. The van der Waals surface area contributed by atoms with Crippen LogP contribution >= 0.6 is 0 Å². The van der Waals surface area contributed by atoms with Crippen molar-refractivity contribution in [2.24, 2.45) is 0 Å². The molecule has 0 heterocycles. The molecule has 112 valence electrons. The van der Waals surface area contributed by atoms with Crippen LogP contribution in [-0.2, 0) is 15.9 Å². The lowest BCUT2D eigenvalue weighted by molar-refractivity contribution is 0.0651. The average Bonchev–Trinajstić information content (AvgIpc) is 2.44. The molecular weight excluding hydrogens is 250 g/mol. The van der Waals surface area contributed by atoms with E-state index in [9.17, 15) is 0 Å². The summed E-state index contributed by atoms with van der Waals surface area (Å²) in [5, 5.41) is 3.59. The van der Waals surface area contributed by atoms with Crippen molar-refractivity contribution in [3.63, 3.8) is 0 Å². The molecule has 0 fully saturated rings. The predicted molar refractivity (Wildman–Crippen MR) is 82.3 cm³/mol. The third kappa shape index (κ3) is 4.30. The second-order valence-corrected chi connectivity index (χ2v) is 5.48. The number of nitrogens with one attached hydrogen (secondary N) is 1. The van der Waals surface area contributed by atoms with E-state index >= 15 is 0 Å². The summed E-state index contributed by atoms with van der Waals surface area (Å²) in [6.07, 6.45) is 3.54. The third-order valence-corrected chi connectivity index (χ3v) is 4.07. The van der Waals surface area contributed by atoms with Crippen molar-refractivity contribution in [1.82, 2.24) is 5.32 Å². The van der Waals surface area contributed by atoms with Crippen molar-refractivity contribution in [2.75, 3.05) is 33.5 Å². The van der Waals surface area contributed by atoms with Crippen LogP contribution in [0.15, 0.2) is 24.3 Å². The maximum absolute atomic E-state index is 5.59. The highest BCUT2D eigenvalue weighted by Crippen LogP contribution is 2.38. The Labute approximate surface area is 122 Å². The van der Waals surface area contributed by atoms with Gasteiger partial charge in [-0.05, 0) is 42.9 Å². The number of ether oxygens (including phenoxy) is 2. The Kier molecular flexibility index (Phi) is 6.51. The van der Waals surface area contributed by atoms with Gasteiger partial charge in [-0.2, -0.15) is 0 Å². The Balaban J connectivity index is 1.73. The summed E-state index contributed by atoms with van der Waals surface area (Å²) in [6, 6.07) is 9.38. The maximum atomic E-state index is 5.59. The van der Waals surface area contributed by atoms with Gasteiger partial charge in [-0.3, -0.25) is 0 Å². The first-order valence-electron chi connectivity index (χ1n) is 7.73. The van der Waals surface area contributed by atoms with E-state index in [4.69, 9.17) is 9.47 Å². The first-order valence-corrected chi connectivity index (χ1v) is 7.73. The van der Waals surface area contributed by atoms with E-state index in [1.807, 2.05) is 0 Å². The summed E-state index contributed by atoms with van der Waals surface area (Å²) in [7, 11) is 1.71. The fraction of sp³-hybridized carbons (Fsp3) is 0.647. The summed E-state index contributed by atoms with van der Waals surface area (Å²) in [5.41, 5.74) is 3.08. The van der Waals surface area contributed by atoms with Gasteiger partial charge in [-0.15, -0.1) is 0 Å². The molecule has 3 nitrogen and oxygen atoms in total. The van der Waals surface area contributed by atoms with Gasteiger partial charge in [-0.1, -0.05) is 31.2 Å². The van der Waals surface area contributed by atoms with Crippen molar-refractivity contribution >= 4 is 0 Å². The van der Waals surface area contributed by atoms with Gasteiger partial charge in [0.15, 0.2) is 0 Å². The molecule has 2 rings (SSSR count). The molecule has 0 amide bonds. The van der Waals surface area contributed by atoms with Gasteiger partial charge in [0.2, 0.25) is 0 Å². The van der Waals surface area contributed by atoms with Gasteiger partial charge in [0.05, 0.1) is 13.2 Å². The van der Waals surface area contributed by atoms with E-state index < -0.39 is 0 Å². The van der Waals surface area contributed by atoms with E-state index in [0.717, 1.165) is 25.5 Å². The topological polar surface area (TPSA) is 30.5 Å². The summed E-state index contributed by atoms with van der Waals surface area (Å²) in [5.74, 6) is 0.731. The standard InChI is InChI=1S/C17H27NO2/c1-3-18-16(8-9-20-11-10-19-2)13-15-12-14-6-4-5-7-17(14)15/h4-7,15-16,18H,3,8-13H2,1-2H3. The van der Waals surface area contributed by atoms with Crippen LogP contribution in [0, 0.1) is 0 Å². The summed E-state index contributed by atoms with van der Waals surface area (Å²) in [4.78, 5) is 0. The fourth-order valence-corrected chi connectivity index (χ4v) is 2.98. The van der Waals surface area contributed by atoms with Gasteiger partial charge in [0.1, 0.15) is 0 Å². The Morgan fingerprint density at radius 3 is 2.85 bits per heavy atom. The smallest absolute Gasteiger partial charge is 0.0700 e. The molecule has 1 aromatic carbocycles. The number of hydrogen-bond donors (Lipinski definition) is 1. The highest BCUT2D eigenvalue weighted by molar-refractivity contribution is 5.39. The molecule has 3 heteroatoms. The Bertz CT molecular complexity index is 394. The van der Waals surface area contributed by atoms with Crippen LogP contribution in [0.3, 0.4) is 0 Å². The molecule has 0 aliphatic heterocycles. The lowest BCUT2D eigenvalue weighted by Gasteiger charge is -2.33. The maximum Gasteiger partial charge on any atom is 0.0700 e. The zero-order valence-electron chi connectivity index (χ0n) is 12.7. The largest absolute Gasteiger partial charge is 0.382 e. The summed E-state index contributed by atoms with van der Waals surface area (Å²) in [6.45, 7) is 5.39. The number of hydrogen-bond acceptors (Lipinski definition) is 3. The van der Waals surface area contributed by atoms with Crippen LogP contribution in [0.25, 0.3) is 0 Å². The zero-order valence-corrected chi connectivity index (χ0v) is 12.7. The number of methoxy groups -OCH3 is 1.